The lowest BCUT2D eigenvalue weighted by Crippen LogP contribution is -2.12. The molecule has 140 valence electrons. The Balaban J connectivity index is 1.53. The molecule has 0 atom stereocenters. The number of hydrogen-bond donors (Lipinski definition) is 0. The molecule has 2 aromatic carbocycles. The van der Waals surface area contributed by atoms with Crippen LogP contribution < -0.4 is 0 Å². The Bertz CT molecular complexity index is 1020. The maximum atomic E-state index is 12.2. The topological polar surface area (TPSA) is 99.7 Å². The number of ketones is 1. The number of rotatable bonds is 7. The van der Waals surface area contributed by atoms with Crippen LogP contribution in [0.3, 0.4) is 0 Å². The highest BCUT2D eigenvalue weighted by molar-refractivity contribution is 5.99. The molecule has 0 spiro atoms. The van der Waals surface area contributed by atoms with Crippen molar-refractivity contribution in [1.29, 1.82) is 0 Å². The van der Waals surface area contributed by atoms with Crippen molar-refractivity contribution in [3.63, 3.8) is 0 Å². The Kier molecular flexibility index (Phi) is 5.76. The quantitative estimate of drug-likeness (QED) is 0.200. The van der Waals surface area contributed by atoms with E-state index >= 15 is 0 Å². The maximum Gasteiger partial charge on any atom is 0.433 e. The van der Waals surface area contributed by atoms with Crippen LogP contribution in [-0.2, 0) is 9.53 Å². The van der Waals surface area contributed by atoms with Crippen molar-refractivity contribution in [1.82, 2.24) is 0 Å². The first-order chi connectivity index (χ1) is 13.5. The SMILES string of the molecule is O=C(/C=C/c1ccc([N+](=O)[O-])o1)OCC(=O)c1ccc(-c2ccccc2)cc1. The number of Topliss-reactive ketones (excluding diaryl/α,β-unsaturated/α-hetero) is 1. The normalized spacial score (nSPS) is 10.7. The summed E-state index contributed by atoms with van der Waals surface area (Å²) in [4.78, 5) is 33.7. The summed E-state index contributed by atoms with van der Waals surface area (Å²) in [7, 11) is 0. The van der Waals surface area contributed by atoms with Crippen molar-refractivity contribution < 1.29 is 23.7 Å². The molecule has 28 heavy (non-hydrogen) atoms. The number of furan rings is 1. The summed E-state index contributed by atoms with van der Waals surface area (Å²) >= 11 is 0. The van der Waals surface area contributed by atoms with E-state index in [0.29, 0.717) is 5.56 Å². The third kappa shape index (κ3) is 4.79. The summed E-state index contributed by atoms with van der Waals surface area (Å²) in [5.74, 6) is -1.39. The molecular weight excluding hydrogens is 362 g/mol. The second kappa shape index (κ2) is 8.59. The van der Waals surface area contributed by atoms with Gasteiger partial charge in [-0.1, -0.05) is 54.6 Å². The molecule has 0 unspecified atom stereocenters. The van der Waals surface area contributed by atoms with E-state index < -0.39 is 23.4 Å². The van der Waals surface area contributed by atoms with Crippen molar-refractivity contribution in [2.24, 2.45) is 0 Å². The predicted octanol–water partition coefficient (Wildman–Crippen LogP) is 4.29. The van der Waals surface area contributed by atoms with Crippen molar-refractivity contribution in [3.05, 3.63) is 94.2 Å². The van der Waals surface area contributed by atoms with Crippen molar-refractivity contribution in [3.8, 4) is 11.1 Å². The summed E-state index contributed by atoms with van der Waals surface area (Å²) in [6, 6.07) is 19.3. The number of carbonyl (C=O) groups excluding carboxylic acids is 2. The fraction of sp³-hybridized carbons (Fsp3) is 0.0476. The van der Waals surface area contributed by atoms with Gasteiger partial charge in [0, 0.05) is 11.6 Å². The average Bonchev–Trinajstić information content (AvgIpc) is 3.21. The highest BCUT2D eigenvalue weighted by atomic mass is 16.6. The average molecular weight is 377 g/mol. The molecule has 3 rings (SSSR count). The third-order valence-corrected chi connectivity index (χ3v) is 3.84. The molecule has 0 saturated heterocycles. The Labute approximate surface area is 160 Å². The third-order valence-electron chi connectivity index (χ3n) is 3.84. The van der Waals surface area contributed by atoms with Gasteiger partial charge in [-0.15, -0.1) is 0 Å². The first kappa shape index (κ1) is 18.8. The minimum Gasteiger partial charge on any atom is -0.454 e. The Morgan fingerprint density at radius 2 is 1.64 bits per heavy atom. The van der Waals surface area contributed by atoms with E-state index in [-0.39, 0.29) is 11.5 Å². The smallest absolute Gasteiger partial charge is 0.433 e. The minimum atomic E-state index is -0.756. The van der Waals surface area contributed by atoms with Crippen LogP contribution in [0.4, 0.5) is 5.88 Å². The molecule has 1 heterocycles. The fourth-order valence-electron chi connectivity index (χ4n) is 2.43. The van der Waals surface area contributed by atoms with Gasteiger partial charge >= 0.3 is 11.9 Å². The van der Waals surface area contributed by atoms with Gasteiger partial charge in [0.05, 0.1) is 6.07 Å². The van der Waals surface area contributed by atoms with E-state index in [9.17, 15) is 19.7 Å². The Hall–Kier alpha value is -4.00. The largest absolute Gasteiger partial charge is 0.454 e. The van der Waals surface area contributed by atoms with Crippen molar-refractivity contribution in [2.45, 2.75) is 0 Å². The molecule has 0 aliphatic heterocycles. The van der Waals surface area contributed by atoms with Gasteiger partial charge in [0.25, 0.3) is 0 Å². The summed E-state index contributed by atoms with van der Waals surface area (Å²) in [5.41, 5.74) is 2.44. The van der Waals surface area contributed by atoms with Gasteiger partial charge in [-0.25, -0.2) is 4.79 Å². The van der Waals surface area contributed by atoms with E-state index in [1.807, 2.05) is 42.5 Å². The maximum absolute atomic E-state index is 12.2. The lowest BCUT2D eigenvalue weighted by molar-refractivity contribution is -0.402. The van der Waals surface area contributed by atoms with Crippen LogP contribution in [0.15, 0.2) is 77.2 Å². The molecule has 0 aliphatic rings. The van der Waals surface area contributed by atoms with Crippen LogP contribution in [0.25, 0.3) is 17.2 Å². The Morgan fingerprint density at radius 1 is 0.964 bits per heavy atom. The molecule has 7 heteroatoms. The van der Waals surface area contributed by atoms with Gasteiger partial charge in [0.2, 0.25) is 0 Å². The van der Waals surface area contributed by atoms with Crippen molar-refractivity contribution >= 4 is 23.7 Å². The highest BCUT2D eigenvalue weighted by Gasteiger charge is 2.11. The zero-order chi connectivity index (χ0) is 19.9. The van der Waals surface area contributed by atoms with Crippen LogP contribution >= 0.6 is 0 Å². The van der Waals surface area contributed by atoms with Gasteiger partial charge < -0.3 is 9.15 Å². The standard InChI is InChI=1S/C21H15NO6/c23-19(17-8-6-16(7-9-17)15-4-2-1-3-5-15)14-27-21(24)13-11-18-10-12-20(28-18)22(25)26/h1-13H,14H2/b13-11+. The van der Waals surface area contributed by atoms with Crippen LogP contribution in [0, 0.1) is 10.1 Å². The van der Waals surface area contributed by atoms with Crippen LogP contribution in [0.5, 0.6) is 0 Å². The number of nitrogens with zero attached hydrogens (tertiary/aromatic N) is 1. The van der Waals surface area contributed by atoms with Crippen LogP contribution in [-0.4, -0.2) is 23.3 Å². The molecule has 0 N–H and O–H groups in total. The lowest BCUT2D eigenvalue weighted by atomic mass is 10.0. The molecule has 1 aromatic heterocycles. The summed E-state index contributed by atoms with van der Waals surface area (Å²) in [6.07, 6.45) is 2.27. The number of nitro groups is 1. The molecule has 0 radical (unpaired) electrons. The van der Waals surface area contributed by atoms with Crippen LogP contribution in [0.1, 0.15) is 16.1 Å². The Morgan fingerprint density at radius 3 is 2.29 bits per heavy atom. The number of carbonyl (C=O) groups is 2. The van der Waals surface area contributed by atoms with Gasteiger partial charge in [-0.2, -0.15) is 0 Å². The number of benzene rings is 2. The van der Waals surface area contributed by atoms with Gasteiger partial charge in [-0.05, 0) is 23.3 Å². The first-order valence-electron chi connectivity index (χ1n) is 8.31. The number of hydrogen-bond acceptors (Lipinski definition) is 6. The zero-order valence-electron chi connectivity index (χ0n) is 14.6. The molecular formula is C21H15NO6. The molecule has 0 bridgehead atoms. The van der Waals surface area contributed by atoms with Crippen molar-refractivity contribution in [2.75, 3.05) is 6.61 Å². The monoisotopic (exact) mass is 377 g/mol. The van der Waals surface area contributed by atoms with E-state index in [4.69, 9.17) is 9.15 Å². The van der Waals surface area contributed by atoms with Gasteiger partial charge in [0.15, 0.2) is 12.4 Å². The lowest BCUT2D eigenvalue weighted by Gasteiger charge is -2.04. The second-order valence-corrected chi connectivity index (χ2v) is 5.74. The van der Waals surface area contributed by atoms with Crippen LogP contribution in [0.2, 0.25) is 0 Å². The molecule has 0 fully saturated rings. The second-order valence-electron chi connectivity index (χ2n) is 5.74. The minimum absolute atomic E-state index is 0.131. The molecule has 3 aromatic rings. The van der Waals surface area contributed by atoms with Gasteiger partial charge in [0.1, 0.15) is 10.7 Å². The van der Waals surface area contributed by atoms with E-state index in [2.05, 4.69) is 0 Å². The number of ether oxygens (including phenoxy) is 1. The highest BCUT2D eigenvalue weighted by Crippen LogP contribution is 2.19. The van der Waals surface area contributed by atoms with Gasteiger partial charge in [-0.3, -0.25) is 14.9 Å². The first-order valence-corrected chi connectivity index (χ1v) is 8.31. The zero-order valence-corrected chi connectivity index (χ0v) is 14.6. The number of esters is 1. The van der Waals surface area contributed by atoms with E-state index in [0.717, 1.165) is 17.2 Å². The molecule has 0 saturated carbocycles. The predicted molar refractivity (Wildman–Crippen MR) is 102 cm³/mol. The molecule has 0 aliphatic carbocycles. The molecule has 0 amide bonds. The summed E-state index contributed by atoms with van der Waals surface area (Å²) < 4.78 is 9.78. The summed E-state index contributed by atoms with van der Waals surface area (Å²) in [6.45, 7) is -0.411. The van der Waals surface area contributed by atoms with E-state index in [1.54, 1.807) is 12.1 Å². The summed E-state index contributed by atoms with van der Waals surface area (Å²) in [5, 5.41) is 10.5. The van der Waals surface area contributed by atoms with E-state index in [1.165, 1.54) is 18.2 Å². The molecule has 7 nitrogen and oxygen atoms in total. The fourth-order valence-corrected chi connectivity index (χ4v) is 2.43.